The van der Waals surface area contributed by atoms with Gasteiger partial charge in [0.1, 0.15) is 0 Å². The molecule has 1 unspecified atom stereocenters. The molecular formula is C14H18F2N2O3. The molecule has 0 aliphatic heterocycles. The second-order valence-electron chi connectivity index (χ2n) is 5.19. The van der Waals surface area contributed by atoms with E-state index in [0.717, 1.165) is 32.1 Å². The van der Waals surface area contributed by atoms with Crippen LogP contribution >= 0.6 is 0 Å². The lowest BCUT2D eigenvalue weighted by Gasteiger charge is -2.21. The van der Waals surface area contributed by atoms with E-state index >= 15 is 0 Å². The minimum absolute atomic E-state index is 0.0106. The lowest BCUT2D eigenvalue weighted by atomic mass is 10.2. The number of ether oxygens (including phenoxy) is 1. The molecular weight excluding hydrogens is 282 g/mol. The molecule has 0 bridgehead atoms. The summed E-state index contributed by atoms with van der Waals surface area (Å²) in [6, 6.07) is 1.41. The highest BCUT2D eigenvalue weighted by molar-refractivity contribution is 5.89. The van der Waals surface area contributed by atoms with Crippen LogP contribution in [0.25, 0.3) is 0 Å². The average molecular weight is 300 g/mol. The predicted molar refractivity (Wildman–Crippen MR) is 73.3 cm³/mol. The van der Waals surface area contributed by atoms with E-state index in [0.29, 0.717) is 0 Å². The number of nitrogens with one attached hydrogen (secondary N) is 1. The zero-order valence-electron chi connectivity index (χ0n) is 11.9. The van der Waals surface area contributed by atoms with Gasteiger partial charge in [-0.15, -0.1) is 0 Å². The van der Waals surface area contributed by atoms with Gasteiger partial charge < -0.3 is 20.1 Å². The number of aliphatic hydroxyl groups excluding tert-OH is 1. The van der Waals surface area contributed by atoms with Gasteiger partial charge in [0.05, 0.1) is 13.2 Å². The van der Waals surface area contributed by atoms with Crippen LogP contribution in [0.1, 0.15) is 12.8 Å². The Bertz CT molecular complexity index is 512. The largest absolute Gasteiger partial charge is 0.491 e. The molecule has 1 aliphatic carbocycles. The Hall–Kier alpha value is -1.89. The quantitative estimate of drug-likeness (QED) is 0.876. The molecule has 2 rings (SSSR count). The molecule has 0 saturated heterocycles. The highest BCUT2D eigenvalue weighted by Crippen LogP contribution is 2.32. The summed E-state index contributed by atoms with van der Waals surface area (Å²) in [5.74, 6) is -2.04. The number of carbonyl (C=O) groups is 1. The maximum absolute atomic E-state index is 13.5. The van der Waals surface area contributed by atoms with Crippen molar-refractivity contribution in [3.63, 3.8) is 0 Å². The van der Waals surface area contributed by atoms with Gasteiger partial charge in [-0.3, -0.25) is 0 Å². The molecule has 5 nitrogen and oxygen atoms in total. The molecule has 2 amide bonds. The van der Waals surface area contributed by atoms with Gasteiger partial charge in [-0.25, -0.2) is 13.6 Å². The van der Waals surface area contributed by atoms with E-state index in [9.17, 15) is 18.7 Å². The first kappa shape index (κ1) is 15.5. The molecule has 21 heavy (non-hydrogen) atoms. The number of nitrogens with zero attached hydrogens (tertiary/aromatic N) is 1. The third-order valence-electron chi connectivity index (χ3n) is 3.43. The number of hydrogen-bond donors (Lipinski definition) is 2. The minimum atomic E-state index is -0.895. The van der Waals surface area contributed by atoms with Crippen molar-refractivity contribution in [2.45, 2.75) is 18.9 Å². The minimum Gasteiger partial charge on any atom is -0.491 e. The maximum atomic E-state index is 13.5. The number of benzene rings is 1. The van der Waals surface area contributed by atoms with Crippen molar-refractivity contribution in [3.8, 4) is 5.75 Å². The number of methoxy groups -OCH3 is 1. The second-order valence-corrected chi connectivity index (χ2v) is 5.19. The molecule has 1 atom stereocenters. The smallest absolute Gasteiger partial charge is 0.321 e. The van der Waals surface area contributed by atoms with E-state index in [1.165, 1.54) is 11.9 Å². The summed E-state index contributed by atoms with van der Waals surface area (Å²) in [7, 11) is 2.67. The summed E-state index contributed by atoms with van der Waals surface area (Å²) < 4.78 is 31.6. The first-order valence-electron chi connectivity index (χ1n) is 6.65. The number of carbonyl (C=O) groups excluding carboxylic acids is 1. The van der Waals surface area contributed by atoms with Crippen molar-refractivity contribution in [1.82, 2.24) is 4.90 Å². The van der Waals surface area contributed by atoms with E-state index in [1.807, 2.05) is 0 Å². The van der Waals surface area contributed by atoms with Crippen molar-refractivity contribution in [2.24, 2.45) is 5.92 Å². The van der Waals surface area contributed by atoms with Crippen LogP contribution in [0.15, 0.2) is 12.1 Å². The summed E-state index contributed by atoms with van der Waals surface area (Å²) in [5, 5.41) is 12.2. The number of likely N-dealkylation sites (N-methyl/N-ethyl adjacent to an activating group) is 1. The van der Waals surface area contributed by atoms with Crippen LogP contribution in [0.3, 0.4) is 0 Å². The molecule has 116 valence electrons. The van der Waals surface area contributed by atoms with Gasteiger partial charge in [-0.1, -0.05) is 0 Å². The van der Waals surface area contributed by atoms with E-state index in [1.54, 1.807) is 0 Å². The molecule has 1 aromatic rings. The van der Waals surface area contributed by atoms with Crippen molar-refractivity contribution < 1.29 is 23.4 Å². The molecule has 7 heteroatoms. The lowest BCUT2D eigenvalue weighted by Crippen LogP contribution is -2.38. The third-order valence-corrected chi connectivity index (χ3v) is 3.43. The van der Waals surface area contributed by atoms with E-state index in [-0.39, 0.29) is 18.2 Å². The predicted octanol–water partition coefficient (Wildman–Crippen LogP) is 2.21. The Labute approximate surface area is 121 Å². The first-order chi connectivity index (χ1) is 9.92. The molecule has 1 aliphatic rings. The average Bonchev–Trinajstić information content (AvgIpc) is 3.22. The van der Waals surface area contributed by atoms with Crippen molar-refractivity contribution >= 4 is 11.7 Å². The van der Waals surface area contributed by atoms with E-state index < -0.39 is 29.5 Å². The Morgan fingerprint density at radius 1 is 1.48 bits per heavy atom. The highest BCUT2D eigenvalue weighted by atomic mass is 19.1. The van der Waals surface area contributed by atoms with E-state index in [2.05, 4.69) is 10.1 Å². The van der Waals surface area contributed by atoms with Crippen molar-refractivity contribution in [1.29, 1.82) is 0 Å². The first-order valence-corrected chi connectivity index (χ1v) is 6.65. The summed E-state index contributed by atoms with van der Waals surface area (Å²) in [5.41, 5.74) is -0.0106. The maximum Gasteiger partial charge on any atom is 0.321 e. The topological polar surface area (TPSA) is 61.8 Å². The van der Waals surface area contributed by atoms with Gasteiger partial charge in [-0.05, 0) is 18.8 Å². The fourth-order valence-corrected chi connectivity index (χ4v) is 2.04. The number of aliphatic hydroxyl groups is 1. The van der Waals surface area contributed by atoms with Gasteiger partial charge >= 0.3 is 6.03 Å². The number of hydrogen-bond acceptors (Lipinski definition) is 3. The molecule has 1 saturated carbocycles. The zero-order valence-corrected chi connectivity index (χ0v) is 11.9. The normalized spacial score (nSPS) is 15.5. The SMILES string of the molecule is COc1c(F)cc(NC(=O)N(C)CC(O)C2CC2)cc1F. The van der Waals surface area contributed by atoms with Crippen molar-refractivity contribution in [3.05, 3.63) is 23.8 Å². The Kier molecular flexibility index (Phi) is 4.62. The number of halogens is 2. The lowest BCUT2D eigenvalue weighted by molar-refractivity contribution is 0.117. The van der Waals surface area contributed by atoms with Crippen LogP contribution in [-0.4, -0.2) is 42.8 Å². The Morgan fingerprint density at radius 2 is 2.05 bits per heavy atom. The van der Waals surface area contributed by atoms with Gasteiger partial charge in [0.15, 0.2) is 17.4 Å². The van der Waals surface area contributed by atoms with Crippen LogP contribution in [0.2, 0.25) is 0 Å². The number of amides is 2. The van der Waals surface area contributed by atoms with Crippen LogP contribution in [0.5, 0.6) is 5.75 Å². The molecule has 1 fully saturated rings. The Morgan fingerprint density at radius 3 is 2.52 bits per heavy atom. The van der Waals surface area contributed by atoms with Gasteiger partial charge in [0.2, 0.25) is 0 Å². The molecule has 0 aromatic heterocycles. The summed E-state index contributed by atoms with van der Waals surface area (Å²) in [6.07, 6.45) is 1.36. The number of rotatable bonds is 5. The van der Waals surface area contributed by atoms with E-state index in [4.69, 9.17) is 0 Å². The summed E-state index contributed by atoms with van der Waals surface area (Å²) in [4.78, 5) is 13.2. The van der Waals surface area contributed by atoms with Crippen LogP contribution < -0.4 is 10.1 Å². The third kappa shape index (κ3) is 3.81. The van der Waals surface area contributed by atoms with Gasteiger partial charge in [-0.2, -0.15) is 0 Å². The van der Waals surface area contributed by atoms with Gasteiger partial charge in [0, 0.05) is 31.4 Å². The monoisotopic (exact) mass is 300 g/mol. The van der Waals surface area contributed by atoms with Gasteiger partial charge in [0.25, 0.3) is 0 Å². The molecule has 2 N–H and O–H groups in total. The van der Waals surface area contributed by atoms with Crippen molar-refractivity contribution in [2.75, 3.05) is 26.0 Å². The number of anilines is 1. The van der Waals surface area contributed by atoms with Crippen LogP contribution in [0.4, 0.5) is 19.3 Å². The molecule has 1 aromatic carbocycles. The zero-order chi connectivity index (χ0) is 15.6. The number of urea groups is 1. The van der Waals surface area contributed by atoms with Crippen LogP contribution in [0, 0.1) is 17.6 Å². The Balaban J connectivity index is 1.98. The van der Waals surface area contributed by atoms with Crippen LogP contribution in [-0.2, 0) is 0 Å². The molecule has 0 heterocycles. The molecule has 0 radical (unpaired) electrons. The highest BCUT2D eigenvalue weighted by Gasteiger charge is 2.31. The summed E-state index contributed by atoms with van der Waals surface area (Å²) >= 11 is 0. The fraction of sp³-hybridized carbons (Fsp3) is 0.500. The fourth-order valence-electron chi connectivity index (χ4n) is 2.04. The second kappa shape index (κ2) is 6.26. The summed E-state index contributed by atoms with van der Waals surface area (Å²) in [6.45, 7) is 0.178. The molecule has 0 spiro atoms. The standard InChI is InChI=1S/C14H18F2N2O3/c1-18(7-12(19)8-3-4-8)14(20)17-9-5-10(15)13(21-2)11(16)6-9/h5-6,8,12,19H,3-4,7H2,1-2H3,(H,17,20).